The van der Waals surface area contributed by atoms with Crippen molar-refractivity contribution in [3.05, 3.63) is 0 Å². The van der Waals surface area contributed by atoms with Gasteiger partial charge in [0.05, 0.1) is 0 Å². The van der Waals surface area contributed by atoms with Gasteiger partial charge in [-0.15, -0.1) is 0 Å². The fraction of sp³-hybridized carbons (Fsp3) is 1.00. The van der Waals surface area contributed by atoms with Gasteiger partial charge >= 0.3 is 0 Å². The SMILES string of the molecule is C.C.CC(C)(C)N(O)C(C)(C)C.CC(C)(C)N(O)C(C)(C)C.CC(C)(C)[NH+](O)C(C)(C)C. The fourth-order valence-electron chi connectivity index (χ4n) is 3.14. The highest BCUT2D eigenvalue weighted by molar-refractivity contribution is 4.80. The van der Waals surface area contributed by atoms with Crippen LogP contribution in [0.25, 0.3) is 0 Å². The molecule has 0 unspecified atom stereocenters. The minimum Gasteiger partial charge on any atom is -0.313 e. The van der Waals surface area contributed by atoms with E-state index in [2.05, 4.69) is 0 Å². The van der Waals surface area contributed by atoms with Gasteiger partial charge in [-0.05, 0) is 125 Å². The Kier molecular flexibility index (Phi) is 17.8. The molecule has 0 saturated carbocycles. The predicted molar refractivity (Wildman–Crippen MR) is 142 cm³/mol. The molecule has 0 bridgehead atoms. The lowest BCUT2D eigenvalue weighted by Gasteiger charge is -2.39. The molecule has 0 amide bonds. The van der Waals surface area contributed by atoms with Crippen LogP contribution in [0.2, 0.25) is 0 Å². The lowest BCUT2D eigenvalue weighted by atomic mass is 10.0. The van der Waals surface area contributed by atoms with Gasteiger partial charge in [0.15, 0.2) is 0 Å². The summed E-state index contributed by atoms with van der Waals surface area (Å²) in [5.74, 6) is 0. The Balaban J connectivity index is -0.000000110. The number of quaternary nitrogens is 1. The van der Waals surface area contributed by atoms with Crippen LogP contribution in [0.4, 0.5) is 0 Å². The maximum absolute atomic E-state index is 9.64. The lowest BCUT2D eigenvalue weighted by Crippen LogP contribution is -3.23. The van der Waals surface area contributed by atoms with E-state index in [9.17, 15) is 15.6 Å². The summed E-state index contributed by atoms with van der Waals surface area (Å²) >= 11 is 0. The van der Waals surface area contributed by atoms with Crippen molar-refractivity contribution in [3.8, 4) is 0 Å². The molecule has 0 heterocycles. The predicted octanol–water partition coefficient (Wildman–Crippen LogP) is 6.68. The Bertz CT molecular complexity index is 352. The van der Waals surface area contributed by atoms with Crippen LogP contribution < -0.4 is 5.06 Å². The standard InChI is InChI=1S/3C8H19NO.2CH4/c3*1-7(2,3)9(10)8(4,5)6;;/h3*10H,1-6H3;2*1H4/p+1. The van der Waals surface area contributed by atoms with Gasteiger partial charge in [0.25, 0.3) is 0 Å². The first-order valence-corrected chi connectivity index (χ1v) is 11.0. The molecule has 4 N–H and O–H groups in total. The maximum Gasteiger partial charge on any atom is 0.119 e. The zero-order chi connectivity index (χ0) is 25.7. The van der Waals surface area contributed by atoms with E-state index in [1.54, 1.807) is 0 Å². The second-order valence-electron chi connectivity index (χ2n) is 14.2. The van der Waals surface area contributed by atoms with E-state index >= 15 is 0 Å². The molecule has 0 saturated heterocycles. The van der Waals surface area contributed by atoms with E-state index in [1.165, 1.54) is 10.1 Å². The number of nitrogens with zero attached hydrogens (tertiary/aromatic N) is 2. The van der Waals surface area contributed by atoms with Crippen LogP contribution in [0.1, 0.15) is 139 Å². The molecule has 0 aliphatic carbocycles. The number of hydroxylamine groups is 6. The van der Waals surface area contributed by atoms with Crippen molar-refractivity contribution in [1.82, 2.24) is 10.1 Å². The molecule has 0 aromatic heterocycles. The normalized spacial score (nSPS) is 13.5. The second kappa shape index (κ2) is 13.6. The fourth-order valence-corrected chi connectivity index (χ4v) is 3.14. The van der Waals surface area contributed by atoms with Crippen LogP contribution in [0, 0.1) is 0 Å². The van der Waals surface area contributed by atoms with E-state index in [1.807, 2.05) is 125 Å². The topological polar surface area (TPSA) is 71.6 Å². The van der Waals surface area contributed by atoms with Crippen molar-refractivity contribution in [2.75, 3.05) is 0 Å². The molecule has 0 aromatic carbocycles. The van der Waals surface area contributed by atoms with Gasteiger partial charge in [0.1, 0.15) is 11.1 Å². The Labute approximate surface area is 203 Å². The van der Waals surface area contributed by atoms with Gasteiger partial charge in [-0.3, -0.25) is 0 Å². The third-order valence-electron chi connectivity index (χ3n) is 3.96. The zero-order valence-electron chi connectivity index (χ0n) is 23.7. The molecule has 0 fully saturated rings. The highest BCUT2D eigenvalue weighted by Gasteiger charge is 2.35. The van der Waals surface area contributed by atoms with Gasteiger partial charge < -0.3 is 10.4 Å². The monoisotopic (exact) mass is 469 g/mol. The quantitative estimate of drug-likeness (QED) is 0.298. The summed E-state index contributed by atoms with van der Waals surface area (Å²) < 4.78 is 0. The molecule has 0 aromatic rings. The summed E-state index contributed by atoms with van der Waals surface area (Å²) in [5.41, 5.74) is -0.844. The van der Waals surface area contributed by atoms with Crippen LogP contribution >= 0.6 is 0 Å². The summed E-state index contributed by atoms with van der Waals surface area (Å²) in [6.07, 6.45) is 0. The summed E-state index contributed by atoms with van der Waals surface area (Å²) in [5, 5.41) is 32.1. The molecule has 0 spiro atoms. The summed E-state index contributed by atoms with van der Waals surface area (Å²) in [7, 11) is 0. The van der Waals surface area contributed by atoms with Crippen LogP contribution in [-0.4, -0.2) is 59.0 Å². The molecular weight excluding hydrogens is 402 g/mol. The van der Waals surface area contributed by atoms with Crippen molar-refractivity contribution in [2.24, 2.45) is 0 Å². The largest absolute Gasteiger partial charge is 0.313 e. The number of nitrogens with one attached hydrogen (secondary N) is 1. The first-order valence-electron chi connectivity index (χ1n) is 11.0. The molecule has 0 aliphatic heterocycles. The average molecular weight is 469 g/mol. The molecule has 32 heavy (non-hydrogen) atoms. The van der Waals surface area contributed by atoms with Crippen molar-refractivity contribution in [1.29, 1.82) is 0 Å². The minimum atomic E-state index is -0.168. The van der Waals surface area contributed by atoms with Crippen molar-refractivity contribution in [3.63, 3.8) is 0 Å². The van der Waals surface area contributed by atoms with Gasteiger partial charge in [-0.25, -0.2) is 5.21 Å². The summed E-state index contributed by atoms with van der Waals surface area (Å²) in [6.45, 7) is 35.9. The number of hydrogen-bond donors (Lipinski definition) is 4. The van der Waals surface area contributed by atoms with Crippen molar-refractivity contribution >= 4 is 0 Å². The van der Waals surface area contributed by atoms with E-state index < -0.39 is 0 Å². The third kappa shape index (κ3) is 19.2. The Morgan fingerprint density at radius 2 is 0.531 bits per heavy atom. The minimum absolute atomic E-state index is 0. The lowest BCUT2D eigenvalue weighted by molar-refractivity contribution is -1.16. The maximum atomic E-state index is 9.64. The van der Waals surface area contributed by atoms with Crippen molar-refractivity contribution < 1.29 is 20.7 Å². The van der Waals surface area contributed by atoms with Crippen molar-refractivity contribution in [2.45, 2.75) is 173 Å². The molecule has 0 aliphatic rings. The molecule has 202 valence electrons. The van der Waals surface area contributed by atoms with Crippen LogP contribution in [-0.2, 0) is 0 Å². The average Bonchev–Trinajstić information content (AvgIpc) is 2.40. The number of rotatable bonds is 0. The highest BCUT2D eigenvalue weighted by Crippen LogP contribution is 2.21. The van der Waals surface area contributed by atoms with Gasteiger partial charge in [-0.1, -0.05) is 14.9 Å². The first-order chi connectivity index (χ1) is 12.5. The summed E-state index contributed by atoms with van der Waals surface area (Å²) in [6, 6.07) is 0. The smallest absolute Gasteiger partial charge is 0.119 e. The highest BCUT2D eigenvalue weighted by atomic mass is 16.5. The molecule has 6 heteroatoms. The molecule has 0 radical (unpaired) electrons. The molecule has 6 nitrogen and oxygen atoms in total. The third-order valence-corrected chi connectivity index (χ3v) is 3.96. The van der Waals surface area contributed by atoms with Gasteiger partial charge in [0, 0.05) is 22.2 Å². The van der Waals surface area contributed by atoms with E-state index in [4.69, 9.17) is 0 Å². The second-order valence-corrected chi connectivity index (χ2v) is 14.2. The Hall–Kier alpha value is -0.240. The van der Waals surface area contributed by atoms with Gasteiger partial charge in [-0.2, -0.15) is 15.2 Å². The van der Waals surface area contributed by atoms with E-state index in [-0.39, 0.29) is 48.1 Å². The molecular formula is C26H66N3O3+. The number of hydrogen-bond acceptors (Lipinski definition) is 5. The van der Waals surface area contributed by atoms with E-state index in [0.717, 1.165) is 0 Å². The molecule has 0 rings (SSSR count). The van der Waals surface area contributed by atoms with Crippen LogP contribution in [0.5, 0.6) is 0 Å². The summed E-state index contributed by atoms with van der Waals surface area (Å²) in [4.78, 5) is 0. The van der Waals surface area contributed by atoms with Gasteiger partial charge in [0.2, 0.25) is 0 Å². The van der Waals surface area contributed by atoms with Crippen LogP contribution in [0.15, 0.2) is 0 Å². The Morgan fingerprint density at radius 1 is 0.406 bits per heavy atom. The zero-order valence-corrected chi connectivity index (χ0v) is 23.7. The first kappa shape index (κ1) is 42.0. The molecule has 0 atom stereocenters. The van der Waals surface area contributed by atoms with E-state index in [0.29, 0.717) is 5.06 Å². The Morgan fingerprint density at radius 3 is 0.531 bits per heavy atom. The van der Waals surface area contributed by atoms with Crippen LogP contribution in [0.3, 0.4) is 0 Å².